The minimum Gasteiger partial charge on any atom is -0.329 e. The fourth-order valence-corrected chi connectivity index (χ4v) is 3.04. The quantitative estimate of drug-likeness (QED) is 0.763. The first-order chi connectivity index (χ1) is 7.86. The van der Waals surface area contributed by atoms with Gasteiger partial charge in [-0.25, -0.2) is 0 Å². The molecule has 1 N–H and O–H groups in total. The van der Waals surface area contributed by atoms with Crippen molar-refractivity contribution in [2.24, 2.45) is 0 Å². The monoisotopic (exact) mass is 233 g/mol. The Morgan fingerprint density at radius 2 is 2.12 bits per heavy atom. The van der Waals surface area contributed by atoms with Crippen molar-refractivity contribution >= 4 is 23.3 Å². The summed E-state index contributed by atoms with van der Waals surface area (Å²) in [5.41, 5.74) is 2.25. The number of rotatable bonds is 1. The summed E-state index contributed by atoms with van der Waals surface area (Å²) >= 11 is 5.41. The molecule has 3 rings (SSSR count). The van der Waals surface area contributed by atoms with Crippen molar-refractivity contribution in [3.63, 3.8) is 0 Å². The number of fused-ring (bicyclic) bond motifs is 1. The van der Waals surface area contributed by atoms with E-state index in [1.807, 2.05) is 12.4 Å². The van der Waals surface area contributed by atoms with Gasteiger partial charge >= 0.3 is 0 Å². The zero-order valence-electron chi connectivity index (χ0n) is 9.15. The third-order valence-electron chi connectivity index (χ3n) is 3.46. The summed E-state index contributed by atoms with van der Waals surface area (Å²) in [4.78, 5) is 7.36. The fourth-order valence-electron chi connectivity index (χ4n) is 2.68. The van der Waals surface area contributed by atoms with Crippen LogP contribution in [0.15, 0.2) is 18.5 Å². The molecule has 1 saturated carbocycles. The van der Waals surface area contributed by atoms with Gasteiger partial charge in [0.05, 0.1) is 17.2 Å². The number of hydrogen-bond donors (Lipinski definition) is 1. The lowest BCUT2D eigenvalue weighted by molar-refractivity contribution is 0.357. The number of aromatic nitrogens is 3. The minimum absolute atomic E-state index is 0.581. The third kappa shape index (κ3) is 1.57. The zero-order valence-corrected chi connectivity index (χ0v) is 9.96. The van der Waals surface area contributed by atoms with E-state index in [4.69, 9.17) is 12.2 Å². The van der Waals surface area contributed by atoms with E-state index in [1.54, 1.807) is 0 Å². The van der Waals surface area contributed by atoms with Crippen LogP contribution in [0.4, 0.5) is 0 Å². The van der Waals surface area contributed by atoms with Gasteiger partial charge in [0.1, 0.15) is 0 Å². The van der Waals surface area contributed by atoms with Gasteiger partial charge in [0.15, 0.2) is 4.77 Å². The molecule has 0 bridgehead atoms. The second-order valence-corrected chi connectivity index (χ2v) is 4.87. The molecule has 0 amide bonds. The smallest absolute Gasteiger partial charge is 0.178 e. The average molecular weight is 233 g/mol. The Hall–Kier alpha value is -1.16. The van der Waals surface area contributed by atoms with Gasteiger partial charge in [0, 0.05) is 12.2 Å². The van der Waals surface area contributed by atoms with Crippen molar-refractivity contribution in [1.29, 1.82) is 0 Å². The molecule has 0 saturated heterocycles. The normalized spacial score (nSPS) is 18.0. The van der Waals surface area contributed by atoms with Gasteiger partial charge in [0.25, 0.3) is 0 Å². The lowest BCUT2D eigenvalue weighted by Crippen LogP contribution is -2.12. The Kier molecular flexibility index (Phi) is 2.52. The minimum atomic E-state index is 0.581. The molecule has 2 aromatic rings. The van der Waals surface area contributed by atoms with E-state index in [2.05, 4.69) is 20.6 Å². The maximum atomic E-state index is 5.41. The maximum Gasteiger partial charge on any atom is 0.178 e. The molecule has 0 unspecified atom stereocenters. The zero-order chi connectivity index (χ0) is 11.0. The molecule has 2 aromatic heterocycles. The SMILES string of the molecule is S=c1[nH]c2cnccc2n1C1CCCCC1. The highest BCUT2D eigenvalue weighted by atomic mass is 32.1. The van der Waals surface area contributed by atoms with Crippen LogP contribution >= 0.6 is 12.2 Å². The number of hydrogen-bond acceptors (Lipinski definition) is 2. The van der Waals surface area contributed by atoms with Crippen molar-refractivity contribution in [2.45, 2.75) is 38.1 Å². The summed E-state index contributed by atoms with van der Waals surface area (Å²) in [6.07, 6.45) is 10.2. The van der Waals surface area contributed by atoms with Crippen molar-refractivity contribution < 1.29 is 0 Å². The van der Waals surface area contributed by atoms with Gasteiger partial charge in [-0.05, 0) is 31.1 Å². The van der Waals surface area contributed by atoms with E-state index in [0.29, 0.717) is 6.04 Å². The van der Waals surface area contributed by atoms with Crippen LogP contribution in [-0.2, 0) is 0 Å². The summed E-state index contributed by atoms with van der Waals surface area (Å²) < 4.78 is 3.13. The molecule has 84 valence electrons. The van der Waals surface area contributed by atoms with Crippen molar-refractivity contribution in [2.75, 3.05) is 0 Å². The molecule has 2 heterocycles. The summed E-state index contributed by atoms with van der Waals surface area (Å²) in [7, 11) is 0. The largest absolute Gasteiger partial charge is 0.329 e. The van der Waals surface area contributed by atoms with E-state index in [-0.39, 0.29) is 0 Å². The molecule has 1 aliphatic carbocycles. The highest BCUT2D eigenvalue weighted by Gasteiger charge is 2.18. The van der Waals surface area contributed by atoms with E-state index in [9.17, 15) is 0 Å². The van der Waals surface area contributed by atoms with E-state index >= 15 is 0 Å². The van der Waals surface area contributed by atoms with Crippen LogP contribution in [0.2, 0.25) is 0 Å². The van der Waals surface area contributed by atoms with Gasteiger partial charge in [0.2, 0.25) is 0 Å². The lowest BCUT2D eigenvalue weighted by Gasteiger charge is -2.23. The van der Waals surface area contributed by atoms with E-state index in [0.717, 1.165) is 10.3 Å². The standard InChI is InChI=1S/C12H15N3S/c16-12-14-10-8-13-7-6-11(10)15(12)9-4-2-1-3-5-9/h6-9H,1-5H2,(H,14,16). The van der Waals surface area contributed by atoms with Crippen LogP contribution < -0.4 is 0 Å². The Bertz CT molecular complexity index is 549. The van der Waals surface area contributed by atoms with Gasteiger partial charge < -0.3 is 9.55 Å². The number of aromatic amines is 1. The molecule has 0 aliphatic heterocycles. The number of nitrogens with zero attached hydrogens (tertiary/aromatic N) is 2. The first kappa shape index (κ1) is 10.0. The Balaban J connectivity index is 2.14. The molecule has 1 fully saturated rings. The van der Waals surface area contributed by atoms with Gasteiger partial charge in [-0.1, -0.05) is 19.3 Å². The molecule has 0 spiro atoms. The Morgan fingerprint density at radius 3 is 2.94 bits per heavy atom. The summed E-state index contributed by atoms with van der Waals surface area (Å²) in [6, 6.07) is 2.63. The highest BCUT2D eigenvalue weighted by Crippen LogP contribution is 2.30. The molecule has 1 aliphatic rings. The predicted octanol–water partition coefficient (Wildman–Crippen LogP) is 3.60. The van der Waals surface area contributed by atoms with Crippen molar-refractivity contribution in [1.82, 2.24) is 14.5 Å². The molecule has 0 atom stereocenters. The van der Waals surface area contributed by atoms with Gasteiger partial charge in [-0.15, -0.1) is 0 Å². The second kappa shape index (κ2) is 4.01. The van der Waals surface area contributed by atoms with E-state index in [1.165, 1.54) is 37.6 Å². The van der Waals surface area contributed by atoms with Crippen LogP contribution in [-0.4, -0.2) is 14.5 Å². The first-order valence-electron chi connectivity index (χ1n) is 5.90. The topological polar surface area (TPSA) is 33.6 Å². The number of nitrogens with one attached hydrogen (secondary N) is 1. The lowest BCUT2D eigenvalue weighted by atomic mass is 9.95. The maximum absolute atomic E-state index is 5.41. The van der Waals surface area contributed by atoms with Crippen molar-refractivity contribution in [3.05, 3.63) is 23.2 Å². The van der Waals surface area contributed by atoms with Crippen LogP contribution in [0, 0.1) is 4.77 Å². The van der Waals surface area contributed by atoms with Crippen LogP contribution in [0.1, 0.15) is 38.1 Å². The van der Waals surface area contributed by atoms with Crippen LogP contribution in [0.25, 0.3) is 11.0 Å². The molecule has 0 aromatic carbocycles. The average Bonchev–Trinajstić information content (AvgIpc) is 2.66. The predicted molar refractivity (Wildman–Crippen MR) is 67.0 cm³/mol. The first-order valence-corrected chi connectivity index (χ1v) is 6.31. The summed E-state index contributed by atoms with van der Waals surface area (Å²) in [6.45, 7) is 0. The molecular formula is C12H15N3S. The second-order valence-electron chi connectivity index (χ2n) is 4.48. The van der Waals surface area contributed by atoms with Crippen LogP contribution in [0.3, 0.4) is 0 Å². The number of pyridine rings is 1. The van der Waals surface area contributed by atoms with Gasteiger partial charge in [-0.3, -0.25) is 4.98 Å². The Labute approximate surface area is 99.5 Å². The number of H-pyrrole nitrogens is 1. The summed E-state index contributed by atoms with van der Waals surface area (Å²) in [5.74, 6) is 0. The molecule has 4 heteroatoms. The van der Waals surface area contributed by atoms with E-state index < -0.39 is 0 Å². The fraction of sp³-hybridized carbons (Fsp3) is 0.500. The van der Waals surface area contributed by atoms with Gasteiger partial charge in [-0.2, -0.15) is 0 Å². The third-order valence-corrected chi connectivity index (χ3v) is 3.76. The highest BCUT2D eigenvalue weighted by molar-refractivity contribution is 7.71. The molecule has 16 heavy (non-hydrogen) atoms. The molecule has 0 radical (unpaired) electrons. The van der Waals surface area contributed by atoms with Crippen LogP contribution in [0.5, 0.6) is 0 Å². The Morgan fingerprint density at radius 1 is 1.31 bits per heavy atom. The summed E-state index contributed by atoms with van der Waals surface area (Å²) in [5, 5.41) is 0. The molecular weight excluding hydrogens is 218 g/mol. The number of imidazole rings is 1. The molecule has 3 nitrogen and oxygen atoms in total. The van der Waals surface area contributed by atoms with Crippen molar-refractivity contribution in [3.8, 4) is 0 Å².